The second-order valence-electron chi connectivity index (χ2n) is 3.84. The number of likely N-dealkylation sites (tertiary alicyclic amines) is 1. The Labute approximate surface area is 78.9 Å². The highest BCUT2D eigenvalue weighted by Gasteiger charge is 2.25. The summed E-state index contributed by atoms with van der Waals surface area (Å²) in [6.45, 7) is 3.86. The van der Waals surface area contributed by atoms with E-state index < -0.39 is 6.10 Å². The van der Waals surface area contributed by atoms with Crippen LogP contribution < -0.4 is 5.32 Å². The van der Waals surface area contributed by atoms with Gasteiger partial charge in [0, 0.05) is 13.1 Å². The van der Waals surface area contributed by atoms with E-state index in [9.17, 15) is 4.79 Å². The predicted molar refractivity (Wildman–Crippen MR) is 50.3 cm³/mol. The third kappa shape index (κ3) is 3.32. The van der Waals surface area contributed by atoms with Gasteiger partial charge in [0.2, 0.25) is 5.91 Å². The lowest BCUT2D eigenvalue weighted by Gasteiger charge is -2.12. The Balaban J connectivity index is 2.24. The fraction of sp³-hybridized carbons (Fsp3) is 0.889. The molecule has 0 aromatic heterocycles. The largest absolute Gasteiger partial charge is 0.392 e. The Kier molecular flexibility index (Phi) is 3.69. The van der Waals surface area contributed by atoms with Crippen LogP contribution in [0.25, 0.3) is 0 Å². The molecule has 1 aliphatic heterocycles. The number of rotatable bonds is 3. The Bertz CT molecular complexity index is 182. The molecule has 1 heterocycles. The summed E-state index contributed by atoms with van der Waals surface area (Å²) in [5.74, 6) is 0.189. The van der Waals surface area contributed by atoms with Gasteiger partial charge in [0.25, 0.3) is 0 Å². The van der Waals surface area contributed by atoms with Crippen molar-refractivity contribution < 1.29 is 9.90 Å². The summed E-state index contributed by atoms with van der Waals surface area (Å²) in [6.07, 6.45) is 0.477. The maximum atomic E-state index is 11.4. The Morgan fingerprint density at radius 2 is 2.46 bits per heavy atom. The number of nitrogens with one attached hydrogen (secondary N) is 1. The van der Waals surface area contributed by atoms with Gasteiger partial charge < -0.3 is 15.3 Å². The van der Waals surface area contributed by atoms with E-state index in [4.69, 9.17) is 5.11 Å². The minimum atomic E-state index is -0.455. The van der Waals surface area contributed by atoms with Crippen molar-refractivity contribution in [3.05, 3.63) is 0 Å². The molecule has 1 fully saturated rings. The van der Waals surface area contributed by atoms with Crippen LogP contribution in [0.2, 0.25) is 0 Å². The van der Waals surface area contributed by atoms with Crippen LogP contribution in [0.1, 0.15) is 13.3 Å². The first-order chi connectivity index (χ1) is 6.09. The number of amides is 1. The molecule has 1 unspecified atom stereocenters. The van der Waals surface area contributed by atoms with Crippen molar-refractivity contribution in [3.8, 4) is 0 Å². The fourth-order valence-electron chi connectivity index (χ4n) is 1.54. The highest BCUT2D eigenvalue weighted by Crippen LogP contribution is 2.13. The molecule has 0 bridgehead atoms. The zero-order chi connectivity index (χ0) is 9.84. The van der Waals surface area contributed by atoms with E-state index in [0.29, 0.717) is 6.54 Å². The van der Waals surface area contributed by atoms with Crippen LogP contribution in [0, 0.1) is 5.92 Å². The normalized spacial score (nSPS) is 25.9. The van der Waals surface area contributed by atoms with E-state index in [1.54, 1.807) is 6.92 Å². The van der Waals surface area contributed by atoms with Gasteiger partial charge >= 0.3 is 0 Å². The molecule has 1 aliphatic rings. The van der Waals surface area contributed by atoms with Crippen LogP contribution in [-0.4, -0.2) is 48.7 Å². The van der Waals surface area contributed by atoms with Crippen molar-refractivity contribution in [2.24, 2.45) is 5.92 Å². The zero-order valence-electron chi connectivity index (χ0n) is 8.29. The van der Waals surface area contributed by atoms with Gasteiger partial charge in [-0.2, -0.15) is 0 Å². The quantitative estimate of drug-likeness (QED) is 0.621. The van der Waals surface area contributed by atoms with Gasteiger partial charge in [0.15, 0.2) is 0 Å². The number of carbonyl (C=O) groups excluding carboxylic acids is 1. The van der Waals surface area contributed by atoms with E-state index in [1.165, 1.54) is 0 Å². The third-order valence-corrected chi connectivity index (χ3v) is 2.33. The lowest BCUT2D eigenvalue weighted by atomic mass is 10.1. The van der Waals surface area contributed by atoms with Gasteiger partial charge in [0.1, 0.15) is 0 Å². The van der Waals surface area contributed by atoms with E-state index in [-0.39, 0.29) is 11.8 Å². The van der Waals surface area contributed by atoms with E-state index in [0.717, 1.165) is 19.5 Å². The summed E-state index contributed by atoms with van der Waals surface area (Å²) < 4.78 is 0. The first kappa shape index (κ1) is 10.5. The minimum Gasteiger partial charge on any atom is -0.392 e. The number of carbonyl (C=O) groups is 1. The number of hydrogen-bond donors (Lipinski definition) is 2. The summed E-state index contributed by atoms with van der Waals surface area (Å²) in [6, 6.07) is 0. The molecule has 0 aromatic carbocycles. The van der Waals surface area contributed by atoms with Crippen LogP contribution in [0.3, 0.4) is 0 Å². The van der Waals surface area contributed by atoms with Crippen LogP contribution >= 0.6 is 0 Å². The standard InChI is InChI=1S/C9H18N2O2/c1-7(12)5-10-9(13)8-3-4-11(2)6-8/h7-8,12H,3-6H2,1-2H3,(H,10,13)/t7-,8?/m0/s1. The van der Waals surface area contributed by atoms with Crippen molar-refractivity contribution in [2.75, 3.05) is 26.7 Å². The maximum absolute atomic E-state index is 11.4. The molecule has 4 nitrogen and oxygen atoms in total. The number of nitrogens with zero attached hydrogens (tertiary/aromatic N) is 1. The summed E-state index contributed by atoms with van der Waals surface area (Å²) >= 11 is 0. The third-order valence-electron chi connectivity index (χ3n) is 2.33. The van der Waals surface area contributed by atoms with Crippen molar-refractivity contribution in [3.63, 3.8) is 0 Å². The first-order valence-electron chi connectivity index (χ1n) is 4.74. The zero-order valence-corrected chi connectivity index (χ0v) is 8.29. The SMILES string of the molecule is C[C@H](O)CNC(=O)C1CCN(C)C1. The lowest BCUT2D eigenvalue weighted by Crippen LogP contribution is -2.36. The molecule has 13 heavy (non-hydrogen) atoms. The summed E-state index contributed by atoms with van der Waals surface area (Å²) in [5.41, 5.74) is 0. The summed E-state index contributed by atoms with van der Waals surface area (Å²) in [4.78, 5) is 13.6. The Morgan fingerprint density at radius 3 is 2.92 bits per heavy atom. The molecule has 76 valence electrons. The smallest absolute Gasteiger partial charge is 0.224 e. The van der Waals surface area contributed by atoms with E-state index in [2.05, 4.69) is 10.2 Å². The highest BCUT2D eigenvalue weighted by atomic mass is 16.3. The first-order valence-corrected chi connectivity index (χ1v) is 4.74. The maximum Gasteiger partial charge on any atom is 0.224 e. The van der Waals surface area contributed by atoms with Gasteiger partial charge in [-0.1, -0.05) is 0 Å². The lowest BCUT2D eigenvalue weighted by molar-refractivity contribution is -0.125. The van der Waals surface area contributed by atoms with Crippen LogP contribution in [0.4, 0.5) is 0 Å². The van der Waals surface area contributed by atoms with Gasteiger partial charge in [0.05, 0.1) is 12.0 Å². The Morgan fingerprint density at radius 1 is 1.77 bits per heavy atom. The molecule has 2 N–H and O–H groups in total. The summed E-state index contributed by atoms with van der Waals surface area (Å²) in [7, 11) is 2.02. The van der Waals surface area contributed by atoms with Crippen LogP contribution in [-0.2, 0) is 4.79 Å². The van der Waals surface area contributed by atoms with Gasteiger partial charge in [-0.05, 0) is 26.9 Å². The molecular weight excluding hydrogens is 168 g/mol. The molecule has 2 atom stereocenters. The highest BCUT2D eigenvalue weighted by molar-refractivity contribution is 5.79. The predicted octanol–water partition coefficient (Wildman–Crippen LogP) is -0.565. The molecule has 0 spiro atoms. The Hall–Kier alpha value is -0.610. The molecule has 0 saturated carbocycles. The second kappa shape index (κ2) is 4.58. The average molecular weight is 186 g/mol. The van der Waals surface area contributed by atoms with Crippen molar-refractivity contribution in [1.29, 1.82) is 0 Å². The van der Waals surface area contributed by atoms with Crippen molar-refractivity contribution in [1.82, 2.24) is 10.2 Å². The van der Waals surface area contributed by atoms with Gasteiger partial charge in [-0.15, -0.1) is 0 Å². The minimum absolute atomic E-state index is 0.0743. The van der Waals surface area contributed by atoms with Crippen LogP contribution in [0.5, 0.6) is 0 Å². The van der Waals surface area contributed by atoms with E-state index >= 15 is 0 Å². The van der Waals surface area contributed by atoms with Gasteiger partial charge in [-0.3, -0.25) is 4.79 Å². The average Bonchev–Trinajstić information content (AvgIpc) is 2.47. The molecule has 1 amide bonds. The summed E-state index contributed by atoms with van der Waals surface area (Å²) in [5, 5.41) is 11.7. The monoisotopic (exact) mass is 186 g/mol. The molecular formula is C9H18N2O2. The van der Waals surface area contributed by atoms with Crippen molar-refractivity contribution >= 4 is 5.91 Å². The van der Waals surface area contributed by atoms with Crippen LogP contribution in [0.15, 0.2) is 0 Å². The molecule has 0 aromatic rings. The number of aliphatic hydroxyl groups excluding tert-OH is 1. The second-order valence-corrected chi connectivity index (χ2v) is 3.84. The van der Waals surface area contributed by atoms with E-state index in [1.807, 2.05) is 7.05 Å². The molecule has 0 radical (unpaired) electrons. The van der Waals surface area contributed by atoms with Crippen molar-refractivity contribution in [2.45, 2.75) is 19.4 Å². The molecule has 1 saturated heterocycles. The fourth-order valence-corrected chi connectivity index (χ4v) is 1.54. The number of aliphatic hydroxyl groups is 1. The number of hydrogen-bond acceptors (Lipinski definition) is 3. The molecule has 0 aliphatic carbocycles. The van der Waals surface area contributed by atoms with Gasteiger partial charge in [-0.25, -0.2) is 0 Å². The molecule has 4 heteroatoms. The molecule has 1 rings (SSSR count). The topological polar surface area (TPSA) is 52.6 Å².